The Balaban J connectivity index is 0.00000392. The number of thiazole rings is 1. The lowest BCUT2D eigenvalue weighted by Crippen LogP contribution is -2.42. The van der Waals surface area contributed by atoms with Crippen LogP contribution in [0.3, 0.4) is 0 Å². The van der Waals surface area contributed by atoms with Gasteiger partial charge in [0.05, 0.1) is 11.6 Å². The summed E-state index contributed by atoms with van der Waals surface area (Å²) >= 11 is 1.00. The highest BCUT2D eigenvalue weighted by Crippen LogP contribution is 2.29. The summed E-state index contributed by atoms with van der Waals surface area (Å²) in [5, 5.41) is 7.67. The van der Waals surface area contributed by atoms with E-state index < -0.39 is 11.9 Å². The van der Waals surface area contributed by atoms with Gasteiger partial charge in [-0.05, 0) is 31.5 Å². The van der Waals surface area contributed by atoms with E-state index in [1.165, 1.54) is 0 Å². The third-order valence-corrected chi connectivity index (χ3v) is 4.49. The van der Waals surface area contributed by atoms with Crippen LogP contribution in [0.5, 0.6) is 5.75 Å². The molecular formula is C18H24F3IN4OS. The summed E-state index contributed by atoms with van der Waals surface area (Å²) in [6, 6.07) is 7.81. The minimum absolute atomic E-state index is 0. The van der Waals surface area contributed by atoms with Crippen molar-refractivity contribution < 1.29 is 17.9 Å². The first kappa shape index (κ1) is 24.5. The second-order valence-corrected chi connectivity index (χ2v) is 6.94. The first-order chi connectivity index (χ1) is 12.8. The van der Waals surface area contributed by atoms with Crippen molar-refractivity contribution in [2.75, 3.05) is 20.1 Å². The lowest BCUT2D eigenvalue weighted by atomic mass is 10.2. The van der Waals surface area contributed by atoms with Crippen molar-refractivity contribution in [1.29, 1.82) is 0 Å². The normalized spacial score (nSPS) is 12.9. The summed E-state index contributed by atoms with van der Waals surface area (Å²) in [5.41, 5.74) is 0.285. The molecule has 1 unspecified atom stereocenters. The third kappa shape index (κ3) is 8.21. The number of rotatable bonds is 7. The molecule has 156 valence electrons. The van der Waals surface area contributed by atoms with Crippen LogP contribution in [0.1, 0.15) is 23.2 Å². The number of ether oxygens (including phenoxy) is 1. The van der Waals surface area contributed by atoms with Crippen molar-refractivity contribution in [2.24, 2.45) is 4.99 Å². The van der Waals surface area contributed by atoms with Gasteiger partial charge in [0.15, 0.2) is 11.7 Å². The van der Waals surface area contributed by atoms with Crippen LogP contribution in [0, 0.1) is 6.92 Å². The molecule has 0 spiro atoms. The number of aryl methyl sites for hydroxylation is 1. The van der Waals surface area contributed by atoms with Gasteiger partial charge in [0, 0.05) is 25.4 Å². The van der Waals surface area contributed by atoms with Crippen LogP contribution in [0.25, 0.3) is 0 Å². The summed E-state index contributed by atoms with van der Waals surface area (Å²) in [6.45, 7) is 4.90. The number of nitrogens with one attached hydrogen (secondary N) is 2. The Morgan fingerprint density at radius 3 is 2.68 bits per heavy atom. The van der Waals surface area contributed by atoms with Crippen molar-refractivity contribution in [3.8, 4) is 5.75 Å². The summed E-state index contributed by atoms with van der Waals surface area (Å²) in [7, 11) is 1.63. The lowest BCUT2D eigenvalue weighted by molar-refractivity contribution is -0.140. The predicted molar refractivity (Wildman–Crippen MR) is 117 cm³/mol. The van der Waals surface area contributed by atoms with E-state index in [-0.39, 0.29) is 30.1 Å². The Bertz CT molecular complexity index is 767. The molecule has 2 N–H and O–H groups in total. The Hall–Kier alpha value is -1.56. The molecule has 5 nitrogen and oxygen atoms in total. The van der Waals surface area contributed by atoms with E-state index in [1.54, 1.807) is 7.05 Å². The average molecular weight is 528 g/mol. The quantitative estimate of drug-likeness (QED) is 0.321. The third-order valence-electron chi connectivity index (χ3n) is 3.58. The van der Waals surface area contributed by atoms with E-state index in [0.717, 1.165) is 28.0 Å². The molecule has 1 atom stereocenters. The molecule has 0 amide bonds. The zero-order chi connectivity index (χ0) is 19.9. The minimum Gasteiger partial charge on any atom is -0.489 e. The Labute approximate surface area is 183 Å². The molecule has 0 aliphatic carbocycles. The van der Waals surface area contributed by atoms with E-state index in [1.807, 2.05) is 38.1 Å². The molecule has 0 saturated carbocycles. The molecule has 1 heterocycles. The van der Waals surface area contributed by atoms with Crippen LogP contribution in [0.15, 0.2) is 34.6 Å². The van der Waals surface area contributed by atoms with Crippen molar-refractivity contribution >= 4 is 41.3 Å². The van der Waals surface area contributed by atoms with E-state index in [9.17, 15) is 13.2 Å². The molecule has 0 bridgehead atoms. The molecule has 1 aromatic carbocycles. The van der Waals surface area contributed by atoms with Crippen LogP contribution in [0.2, 0.25) is 0 Å². The maximum absolute atomic E-state index is 12.5. The summed E-state index contributed by atoms with van der Waals surface area (Å²) < 4.78 is 43.5. The number of hydrogen-bond acceptors (Lipinski definition) is 4. The van der Waals surface area contributed by atoms with E-state index in [2.05, 4.69) is 20.6 Å². The molecular weight excluding hydrogens is 504 g/mol. The Kier molecular flexibility index (Phi) is 10.0. The number of guanidine groups is 1. The monoisotopic (exact) mass is 528 g/mol. The van der Waals surface area contributed by atoms with Gasteiger partial charge in [0.2, 0.25) is 0 Å². The minimum atomic E-state index is -4.40. The smallest absolute Gasteiger partial charge is 0.434 e. The molecule has 0 saturated heterocycles. The zero-order valence-corrected chi connectivity index (χ0v) is 19.0. The lowest BCUT2D eigenvalue weighted by Gasteiger charge is -2.18. The molecule has 1 aromatic heterocycles. The van der Waals surface area contributed by atoms with Crippen LogP contribution in [-0.2, 0) is 12.6 Å². The topological polar surface area (TPSA) is 58.5 Å². The van der Waals surface area contributed by atoms with E-state index in [4.69, 9.17) is 4.74 Å². The number of nitrogens with zero attached hydrogens (tertiary/aromatic N) is 2. The summed E-state index contributed by atoms with van der Waals surface area (Å²) in [6.07, 6.45) is -4.09. The molecule has 0 radical (unpaired) electrons. The fourth-order valence-electron chi connectivity index (χ4n) is 2.27. The van der Waals surface area contributed by atoms with Crippen LogP contribution >= 0.6 is 35.3 Å². The van der Waals surface area contributed by atoms with Crippen molar-refractivity contribution in [3.63, 3.8) is 0 Å². The Morgan fingerprint density at radius 2 is 2.07 bits per heavy atom. The first-order valence-electron chi connectivity index (χ1n) is 8.47. The van der Waals surface area contributed by atoms with Crippen LogP contribution < -0.4 is 15.4 Å². The zero-order valence-electron chi connectivity index (χ0n) is 15.8. The maximum atomic E-state index is 12.5. The number of benzene rings is 1. The average Bonchev–Trinajstić information content (AvgIpc) is 3.07. The largest absolute Gasteiger partial charge is 0.489 e. The molecule has 0 fully saturated rings. The SMILES string of the molecule is CN=C(NCCc1nc(C(F)(F)F)cs1)NCC(C)Oc1cccc(C)c1.I. The van der Waals surface area contributed by atoms with Crippen molar-refractivity contribution in [3.05, 3.63) is 45.9 Å². The van der Waals surface area contributed by atoms with Gasteiger partial charge in [-0.15, -0.1) is 35.3 Å². The highest BCUT2D eigenvalue weighted by molar-refractivity contribution is 14.0. The fourth-order valence-corrected chi connectivity index (χ4v) is 3.07. The van der Waals surface area contributed by atoms with Gasteiger partial charge in [0.25, 0.3) is 0 Å². The molecule has 0 aliphatic rings. The standard InChI is InChI=1S/C18H23F3N4OS.HI/c1-12-5-4-6-14(9-12)26-13(2)10-24-17(22-3)23-8-7-16-25-15(11-27-16)18(19,20)21;/h4-6,9,11,13H,7-8,10H2,1-3H3,(H2,22,23,24);1H. The molecule has 0 aliphatic heterocycles. The number of hydrogen-bond donors (Lipinski definition) is 2. The highest BCUT2D eigenvalue weighted by atomic mass is 127. The van der Waals surface area contributed by atoms with Gasteiger partial charge < -0.3 is 15.4 Å². The maximum Gasteiger partial charge on any atom is 0.434 e. The number of aromatic nitrogens is 1. The number of halogens is 4. The van der Waals surface area contributed by atoms with Gasteiger partial charge in [-0.1, -0.05) is 12.1 Å². The highest BCUT2D eigenvalue weighted by Gasteiger charge is 2.33. The fraction of sp³-hybridized carbons (Fsp3) is 0.444. The van der Waals surface area contributed by atoms with Gasteiger partial charge in [-0.25, -0.2) is 4.98 Å². The Morgan fingerprint density at radius 1 is 1.32 bits per heavy atom. The second-order valence-electron chi connectivity index (χ2n) is 6.00. The number of alkyl halides is 3. The first-order valence-corrected chi connectivity index (χ1v) is 9.35. The van der Waals surface area contributed by atoms with Crippen molar-refractivity contribution in [2.45, 2.75) is 32.5 Å². The van der Waals surface area contributed by atoms with E-state index in [0.29, 0.717) is 30.5 Å². The van der Waals surface area contributed by atoms with Gasteiger partial charge in [-0.2, -0.15) is 13.2 Å². The molecule has 2 rings (SSSR count). The van der Waals surface area contributed by atoms with Gasteiger partial charge in [-0.3, -0.25) is 4.99 Å². The predicted octanol–water partition coefficient (Wildman–Crippen LogP) is 4.26. The molecule has 28 heavy (non-hydrogen) atoms. The summed E-state index contributed by atoms with van der Waals surface area (Å²) in [4.78, 5) is 7.70. The summed E-state index contributed by atoms with van der Waals surface area (Å²) in [5.74, 6) is 1.36. The van der Waals surface area contributed by atoms with Crippen LogP contribution in [-0.4, -0.2) is 37.2 Å². The van der Waals surface area contributed by atoms with Crippen molar-refractivity contribution in [1.82, 2.24) is 15.6 Å². The van der Waals surface area contributed by atoms with Crippen LogP contribution in [0.4, 0.5) is 13.2 Å². The number of aliphatic imine (C=N–C) groups is 1. The molecule has 10 heteroatoms. The second kappa shape index (κ2) is 11.4. The van der Waals surface area contributed by atoms with Gasteiger partial charge in [0.1, 0.15) is 11.9 Å². The van der Waals surface area contributed by atoms with Gasteiger partial charge >= 0.3 is 6.18 Å². The molecule has 2 aromatic rings. The van der Waals surface area contributed by atoms with E-state index >= 15 is 0 Å².